The van der Waals surface area contributed by atoms with Gasteiger partial charge >= 0.3 is 0 Å². The van der Waals surface area contributed by atoms with Crippen molar-refractivity contribution < 1.29 is 4.39 Å². The molecule has 1 aromatic rings. The monoisotopic (exact) mass is 218 g/mol. The number of benzene rings is 1. The fraction of sp³-hybridized carbons (Fsp3) is 0.0909. The Labute approximate surface area is 92.9 Å². The lowest BCUT2D eigenvalue weighted by Crippen LogP contribution is -2.06. The Morgan fingerprint density at radius 3 is 2.81 bits per heavy atom. The van der Waals surface area contributed by atoms with Crippen LogP contribution in [0.3, 0.4) is 0 Å². The highest BCUT2D eigenvalue weighted by molar-refractivity contribution is 5.80. The second-order valence-corrected chi connectivity index (χ2v) is 3.00. The van der Waals surface area contributed by atoms with E-state index < -0.39 is 5.82 Å². The topological polar surface area (TPSA) is 71.7 Å². The van der Waals surface area contributed by atoms with Crippen molar-refractivity contribution in [1.29, 1.82) is 10.7 Å². The van der Waals surface area contributed by atoms with Crippen LogP contribution in [0.1, 0.15) is 5.56 Å². The minimum atomic E-state index is -0.490. The molecule has 4 nitrogen and oxygen atoms in total. The smallest absolute Gasteiger partial charge is 0.126 e. The molecule has 3 N–H and O–H groups in total. The number of hydrogen-bond acceptors (Lipinski definition) is 4. The molecule has 0 unspecified atom stereocenters. The zero-order chi connectivity index (χ0) is 12.0. The Morgan fingerprint density at radius 2 is 2.25 bits per heavy atom. The molecule has 0 fully saturated rings. The van der Waals surface area contributed by atoms with Crippen molar-refractivity contribution in [3.8, 4) is 6.07 Å². The highest BCUT2D eigenvalue weighted by atomic mass is 19.1. The number of nitrogens with one attached hydrogen (secondary N) is 3. The van der Waals surface area contributed by atoms with Crippen LogP contribution >= 0.6 is 0 Å². The van der Waals surface area contributed by atoms with Crippen molar-refractivity contribution in [3.63, 3.8) is 0 Å². The molecule has 82 valence electrons. The molecule has 5 heteroatoms. The first-order valence-corrected chi connectivity index (χ1v) is 4.55. The fourth-order valence-corrected chi connectivity index (χ4v) is 1.16. The van der Waals surface area contributed by atoms with Crippen LogP contribution in [0.25, 0.3) is 0 Å². The number of nitrogens with zero attached hydrogens (tertiary/aromatic N) is 1. The second-order valence-electron chi connectivity index (χ2n) is 3.00. The van der Waals surface area contributed by atoms with Crippen molar-refractivity contribution in [3.05, 3.63) is 41.5 Å². The quantitative estimate of drug-likeness (QED) is 0.675. The maximum atomic E-state index is 13.1. The van der Waals surface area contributed by atoms with E-state index in [0.29, 0.717) is 11.4 Å². The first-order valence-electron chi connectivity index (χ1n) is 4.55. The maximum absolute atomic E-state index is 13.1. The van der Waals surface area contributed by atoms with Crippen LogP contribution < -0.4 is 10.6 Å². The van der Waals surface area contributed by atoms with E-state index in [4.69, 9.17) is 10.7 Å². The number of rotatable bonds is 4. The lowest BCUT2D eigenvalue weighted by Gasteiger charge is -2.07. The lowest BCUT2D eigenvalue weighted by atomic mass is 10.2. The molecule has 0 amide bonds. The van der Waals surface area contributed by atoms with Gasteiger partial charge in [0.2, 0.25) is 0 Å². The van der Waals surface area contributed by atoms with E-state index in [0.717, 1.165) is 12.3 Å². The van der Waals surface area contributed by atoms with E-state index in [2.05, 4.69) is 10.6 Å². The largest absolute Gasteiger partial charge is 0.392 e. The SMILES string of the molecule is CN/C=C(\C=N)Nc1cc(F)cc(C#N)c1. The Kier molecular flexibility index (Phi) is 4.04. The first kappa shape index (κ1) is 11.7. The van der Waals surface area contributed by atoms with Crippen LogP contribution in [0.4, 0.5) is 10.1 Å². The summed E-state index contributed by atoms with van der Waals surface area (Å²) in [5, 5.41) is 21.3. The van der Waals surface area contributed by atoms with Gasteiger partial charge in [0, 0.05) is 25.1 Å². The third kappa shape index (κ3) is 3.10. The molecule has 0 aliphatic carbocycles. The van der Waals surface area contributed by atoms with E-state index >= 15 is 0 Å². The summed E-state index contributed by atoms with van der Waals surface area (Å²) >= 11 is 0. The summed E-state index contributed by atoms with van der Waals surface area (Å²) in [4.78, 5) is 0. The Morgan fingerprint density at radius 1 is 1.50 bits per heavy atom. The van der Waals surface area contributed by atoms with Crippen molar-refractivity contribution in [2.45, 2.75) is 0 Å². The van der Waals surface area contributed by atoms with Crippen LogP contribution in [-0.4, -0.2) is 13.3 Å². The molecule has 0 atom stereocenters. The summed E-state index contributed by atoms with van der Waals surface area (Å²) < 4.78 is 13.1. The number of allylic oxidation sites excluding steroid dienone is 1. The van der Waals surface area contributed by atoms with Gasteiger partial charge < -0.3 is 16.0 Å². The summed E-state index contributed by atoms with van der Waals surface area (Å²) in [5.74, 6) is -0.490. The van der Waals surface area contributed by atoms with E-state index in [1.807, 2.05) is 6.07 Å². The molecule has 0 saturated carbocycles. The number of hydrogen-bond donors (Lipinski definition) is 3. The molecular formula is C11H11FN4. The summed E-state index contributed by atoms with van der Waals surface area (Å²) in [6.45, 7) is 0. The molecular weight excluding hydrogens is 207 g/mol. The molecule has 16 heavy (non-hydrogen) atoms. The molecule has 0 saturated heterocycles. The predicted molar refractivity (Wildman–Crippen MR) is 60.7 cm³/mol. The van der Waals surface area contributed by atoms with Gasteiger partial charge in [-0.15, -0.1) is 0 Å². The van der Waals surface area contributed by atoms with Gasteiger partial charge in [0.1, 0.15) is 5.82 Å². The molecule has 1 aromatic carbocycles. The number of halogens is 1. The zero-order valence-electron chi connectivity index (χ0n) is 8.71. The van der Waals surface area contributed by atoms with E-state index in [-0.39, 0.29) is 5.56 Å². The summed E-state index contributed by atoms with van der Waals surface area (Å²) in [6, 6.07) is 5.78. The molecule has 0 heterocycles. The van der Waals surface area contributed by atoms with E-state index in [1.165, 1.54) is 12.1 Å². The highest BCUT2D eigenvalue weighted by Gasteiger charge is 2.01. The minimum absolute atomic E-state index is 0.233. The fourth-order valence-electron chi connectivity index (χ4n) is 1.16. The molecule has 0 aliphatic rings. The lowest BCUT2D eigenvalue weighted by molar-refractivity contribution is 0.628. The molecule has 0 bridgehead atoms. The van der Waals surface area contributed by atoms with Gasteiger partial charge in [-0.05, 0) is 18.2 Å². The number of anilines is 1. The Balaban J connectivity index is 2.97. The summed E-state index contributed by atoms with van der Waals surface area (Å²) in [6.07, 6.45) is 2.65. The standard InChI is InChI=1S/C11H11FN4/c1-15-7-11(6-14)16-10-3-8(5-13)2-9(12)4-10/h2-4,6-7,14-16H,1H3/b11-7+,14-6?. The number of nitriles is 1. The van der Waals surface area contributed by atoms with Crippen LogP contribution in [0.15, 0.2) is 30.1 Å². The molecule has 1 rings (SSSR count). The average Bonchev–Trinajstić information content (AvgIpc) is 2.27. The van der Waals surface area contributed by atoms with Crippen LogP contribution in [-0.2, 0) is 0 Å². The third-order valence-electron chi connectivity index (χ3n) is 1.77. The van der Waals surface area contributed by atoms with Gasteiger partial charge in [-0.3, -0.25) is 0 Å². The van der Waals surface area contributed by atoms with Crippen LogP contribution in [0.2, 0.25) is 0 Å². The van der Waals surface area contributed by atoms with Gasteiger partial charge in [0.05, 0.1) is 17.3 Å². The minimum Gasteiger partial charge on any atom is -0.392 e. The normalized spacial score (nSPS) is 10.4. The second kappa shape index (κ2) is 5.51. The van der Waals surface area contributed by atoms with Crippen molar-refractivity contribution in [2.75, 3.05) is 12.4 Å². The van der Waals surface area contributed by atoms with Crippen LogP contribution in [0.5, 0.6) is 0 Å². The van der Waals surface area contributed by atoms with Gasteiger partial charge in [0.15, 0.2) is 0 Å². The van der Waals surface area contributed by atoms with Gasteiger partial charge in [-0.2, -0.15) is 5.26 Å². The summed E-state index contributed by atoms with van der Waals surface area (Å²) in [5.41, 5.74) is 1.13. The van der Waals surface area contributed by atoms with E-state index in [1.54, 1.807) is 13.2 Å². The molecule has 0 radical (unpaired) electrons. The Hall–Kier alpha value is -2.35. The maximum Gasteiger partial charge on any atom is 0.126 e. The van der Waals surface area contributed by atoms with Crippen molar-refractivity contribution in [2.24, 2.45) is 0 Å². The van der Waals surface area contributed by atoms with Crippen molar-refractivity contribution >= 4 is 11.9 Å². The molecule has 0 aromatic heterocycles. The predicted octanol–water partition coefficient (Wildman–Crippen LogP) is 1.82. The molecule has 0 aliphatic heterocycles. The average molecular weight is 218 g/mol. The summed E-state index contributed by atoms with van der Waals surface area (Å²) in [7, 11) is 1.69. The highest BCUT2D eigenvalue weighted by Crippen LogP contribution is 2.14. The molecule has 0 spiro atoms. The van der Waals surface area contributed by atoms with Crippen molar-refractivity contribution in [1.82, 2.24) is 5.32 Å². The van der Waals surface area contributed by atoms with Gasteiger partial charge in [0.25, 0.3) is 0 Å². The first-order chi connectivity index (χ1) is 7.69. The van der Waals surface area contributed by atoms with E-state index in [9.17, 15) is 4.39 Å². The van der Waals surface area contributed by atoms with Crippen LogP contribution in [0, 0.1) is 22.6 Å². The van der Waals surface area contributed by atoms with Gasteiger partial charge in [-0.25, -0.2) is 4.39 Å². The zero-order valence-corrected chi connectivity index (χ0v) is 8.71. The van der Waals surface area contributed by atoms with Gasteiger partial charge in [-0.1, -0.05) is 0 Å². The Bertz CT molecular complexity index is 460. The third-order valence-corrected chi connectivity index (χ3v) is 1.77.